The van der Waals surface area contributed by atoms with Crippen LogP contribution < -0.4 is 31.6 Å². The summed E-state index contributed by atoms with van der Waals surface area (Å²) in [5, 5.41) is 1.22. The van der Waals surface area contributed by atoms with Crippen LogP contribution in [0.4, 0.5) is 5.69 Å². The molecule has 40 heavy (non-hydrogen) atoms. The predicted molar refractivity (Wildman–Crippen MR) is 165 cm³/mol. The Labute approximate surface area is 257 Å². The van der Waals surface area contributed by atoms with Crippen molar-refractivity contribution in [3.05, 3.63) is 75.7 Å². The van der Waals surface area contributed by atoms with Gasteiger partial charge in [-0.15, -0.1) is 0 Å². The van der Waals surface area contributed by atoms with Crippen molar-refractivity contribution in [1.29, 1.82) is 0 Å². The molecule has 0 radical (unpaired) electrons. The number of amides is 1. The molecule has 0 aliphatic carbocycles. The molecule has 1 heterocycles. The Kier molecular flexibility index (Phi) is 16.9. The van der Waals surface area contributed by atoms with E-state index >= 15 is 0 Å². The lowest BCUT2D eigenvalue weighted by atomic mass is 10.1. The molecule has 220 valence electrons. The van der Waals surface area contributed by atoms with Gasteiger partial charge in [-0.05, 0) is 48.7 Å². The Morgan fingerprint density at radius 1 is 0.850 bits per heavy atom. The fourth-order valence-electron chi connectivity index (χ4n) is 4.93. The summed E-state index contributed by atoms with van der Waals surface area (Å²) in [7, 11) is 0. The number of aryl methyl sites for hydroxylation is 1. The molecule has 1 aromatic heterocycles. The van der Waals surface area contributed by atoms with E-state index in [0.717, 1.165) is 36.4 Å². The number of nitrogens with zero attached hydrogens (tertiary/aromatic N) is 1. The Morgan fingerprint density at radius 2 is 1.48 bits per heavy atom. The maximum atomic E-state index is 12.5. The van der Waals surface area contributed by atoms with Crippen molar-refractivity contribution in [3.8, 4) is 5.75 Å². The minimum atomic E-state index is 0. The summed E-state index contributed by atoms with van der Waals surface area (Å²) in [5.41, 5.74) is 3.22. The van der Waals surface area contributed by atoms with E-state index in [1.807, 2.05) is 35.4 Å². The summed E-state index contributed by atoms with van der Waals surface area (Å²) in [4.78, 5) is 19.0. The average molecular weight is 630 g/mol. The second kappa shape index (κ2) is 19.8. The number of nitrogens with one attached hydrogen (secondary N) is 1. The number of carbonyl (C=O) groups is 1. The number of benzene rings is 2. The molecule has 2 aromatic carbocycles. The SMILES string of the molecule is CCCCCCCCCCCCCCOc1ccc(CN(C(C)=O)c2cccc(Cc3[nH+]cc(C)s3)c2)cc1.[Br-]. The predicted octanol–water partition coefficient (Wildman–Crippen LogP) is 6.10. The third-order valence-corrected chi connectivity index (χ3v) is 8.17. The molecule has 1 N–H and O–H groups in total. The molecule has 3 rings (SSSR count). The number of aromatic amines is 1. The fraction of sp³-hybridized carbons (Fsp3) is 0.529. The first-order chi connectivity index (χ1) is 19.0. The molecule has 1 amide bonds. The molecular formula is C34H49BrN2O2S. The lowest BCUT2D eigenvalue weighted by molar-refractivity contribution is -0.381. The lowest BCUT2D eigenvalue weighted by Crippen LogP contribution is -3.00. The normalized spacial score (nSPS) is 10.8. The largest absolute Gasteiger partial charge is 1.00 e. The molecule has 0 aliphatic heterocycles. The smallest absolute Gasteiger partial charge is 0.240 e. The van der Waals surface area contributed by atoms with Crippen molar-refractivity contribution in [3.63, 3.8) is 0 Å². The number of anilines is 1. The summed E-state index contributed by atoms with van der Waals surface area (Å²) in [6.45, 7) is 7.33. The van der Waals surface area contributed by atoms with Gasteiger partial charge >= 0.3 is 0 Å². The van der Waals surface area contributed by atoms with E-state index < -0.39 is 0 Å². The molecule has 0 bridgehead atoms. The van der Waals surface area contributed by atoms with E-state index in [9.17, 15) is 4.79 Å². The third-order valence-electron chi connectivity index (χ3n) is 7.22. The first-order valence-electron chi connectivity index (χ1n) is 15.1. The highest BCUT2D eigenvalue weighted by molar-refractivity contribution is 7.11. The number of aromatic nitrogens is 1. The van der Waals surface area contributed by atoms with Gasteiger partial charge in [0.25, 0.3) is 0 Å². The molecule has 0 unspecified atom stereocenters. The van der Waals surface area contributed by atoms with Gasteiger partial charge in [-0.1, -0.05) is 113 Å². The van der Waals surface area contributed by atoms with Crippen molar-refractivity contribution in [2.75, 3.05) is 11.5 Å². The molecule has 0 spiro atoms. The van der Waals surface area contributed by atoms with Crippen molar-refractivity contribution in [2.24, 2.45) is 0 Å². The van der Waals surface area contributed by atoms with Crippen LogP contribution in [0.25, 0.3) is 0 Å². The maximum absolute atomic E-state index is 12.5. The van der Waals surface area contributed by atoms with Crippen LogP contribution >= 0.6 is 11.3 Å². The van der Waals surface area contributed by atoms with Crippen LogP contribution in [0.5, 0.6) is 5.75 Å². The van der Waals surface area contributed by atoms with Gasteiger partial charge in [0.15, 0.2) is 6.20 Å². The number of rotatable bonds is 19. The number of thiazole rings is 1. The van der Waals surface area contributed by atoms with Crippen LogP contribution in [-0.4, -0.2) is 12.5 Å². The summed E-state index contributed by atoms with van der Waals surface area (Å²) in [6.07, 6.45) is 19.1. The molecule has 3 aromatic rings. The summed E-state index contributed by atoms with van der Waals surface area (Å²) >= 11 is 1.77. The van der Waals surface area contributed by atoms with E-state index in [1.54, 1.807) is 18.3 Å². The van der Waals surface area contributed by atoms with Crippen molar-refractivity contribution in [1.82, 2.24) is 0 Å². The van der Waals surface area contributed by atoms with E-state index in [0.29, 0.717) is 6.54 Å². The highest BCUT2D eigenvalue weighted by Gasteiger charge is 2.14. The van der Waals surface area contributed by atoms with Gasteiger partial charge in [-0.3, -0.25) is 4.79 Å². The molecular weight excluding hydrogens is 580 g/mol. The van der Waals surface area contributed by atoms with Crippen LogP contribution in [0, 0.1) is 6.92 Å². The molecule has 0 saturated carbocycles. The van der Waals surface area contributed by atoms with E-state index in [4.69, 9.17) is 4.74 Å². The number of ether oxygens (including phenoxy) is 1. The fourth-order valence-corrected chi connectivity index (χ4v) is 5.80. The summed E-state index contributed by atoms with van der Waals surface area (Å²) < 4.78 is 5.98. The first-order valence-corrected chi connectivity index (χ1v) is 15.9. The van der Waals surface area contributed by atoms with Crippen LogP contribution in [0.3, 0.4) is 0 Å². The topological polar surface area (TPSA) is 43.7 Å². The van der Waals surface area contributed by atoms with Gasteiger partial charge in [0.2, 0.25) is 10.9 Å². The quantitative estimate of drug-likeness (QED) is 0.151. The van der Waals surface area contributed by atoms with Gasteiger partial charge in [0.1, 0.15) is 5.75 Å². The number of unbranched alkanes of at least 4 members (excludes halogenated alkanes) is 11. The number of hydrogen-bond acceptors (Lipinski definition) is 3. The number of H-pyrrole nitrogens is 1. The van der Waals surface area contributed by atoms with Gasteiger partial charge in [-0.25, -0.2) is 4.98 Å². The van der Waals surface area contributed by atoms with Crippen LogP contribution in [-0.2, 0) is 17.8 Å². The molecule has 0 atom stereocenters. The van der Waals surface area contributed by atoms with Crippen LogP contribution in [0.15, 0.2) is 54.7 Å². The highest BCUT2D eigenvalue weighted by atomic mass is 79.9. The maximum Gasteiger partial charge on any atom is 0.240 e. The Balaban J connectivity index is 0.00000560. The second-order valence-corrected chi connectivity index (χ2v) is 12.1. The standard InChI is InChI=1S/C34H48N2O2S.BrH/c1-4-5-6-7-8-9-10-11-12-13-14-15-23-38-33-21-19-30(20-22-33)27-36(29(3)37)32-18-16-17-31(24-32)25-34-35-26-28(2)39-34;/h16-22,24,26H,4-15,23,25,27H2,1-3H3;1H. The monoisotopic (exact) mass is 628 g/mol. The number of hydrogen-bond donors (Lipinski definition) is 0. The molecule has 0 fully saturated rings. The van der Waals surface area contributed by atoms with Gasteiger partial charge in [0.05, 0.1) is 24.4 Å². The zero-order chi connectivity index (χ0) is 27.7. The van der Waals surface area contributed by atoms with Crippen molar-refractivity contribution < 1.29 is 31.5 Å². The zero-order valence-electron chi connectivity index (χ0n) is 24.9. The highest BCUT2D eigenvalue weighted by Crippen LogP contribution is 2.23. The molecule has 0 saturated heterocycles. The van der Waals surface area contributed by atoms with E-state index in [-0.39, 0.29) is 22.9 Å². The van der Waals surface area contributed by atoms with Crippen LogP contribution in [0.2, 0.25) is 0 Å². The Bertz CT molecular complexity index is 1100. The third kappa shape index (κ3) is 13.0. The zero-order valence-corrected chi connectivity index (χ0v) is 27.3. The van der Waals surface area contributed by atoms with E-state index in [2.05, 4.69) is 43.1 Å². The minimum absolute atomic E-state index is 0. The second-order valence-electron chi connectivity index (χ2n) is 10.8. The molecule has 0 aliphatic rings. The average Bonchev–Trinajstić information content (AvgIpc) is 3.34. The van der Waals surface area contributed by atoms with Crippen molar-refractivity contribution in [2.45, 2.75) is 111 Å². The Morgan fingerprint density at radius 3 is 2.05 bits per heavy atom. The summed E-state index contributed by atoms with van der Waals surface area (Å²) in [5.74, 6) is 0.943. The molecule has 4 nitrogen and oxygen atoms in total. The van der Waals surface area contributed by atoms with Gasteiger partial charge in [0, 0.05) is 12.6 Å². The minimum Gasteiger partial charge on any atom is -1.00 e. The molecule has 6 heteroatoms. The van der Waals surface area contributed by atoms with Crippen LogP contribution in [0.1, 0.15) is 112 Å². The number of halogens is 1. The first kappa shape index (κ1) is 34.0. The number of carbonyl (C=O) groups excluding carboxylic acids is 1. The lowest BCUT2D eigenvalue weighted by Gasteiger charge is -2.22. The van der Waals surface area contributed by atoms with Gasteiger partial charge < -0.3 is 26.6 Å². The Hall–Kier alpha value is -2.18. The summed E-state index contributed by atoms with van der Waals surface area (Å²) in [6, 6.07) is 16.5. The van der Waals surface area contributed by atoms with E-state index in [1.165, 1.54) is 86.1 Å². The van der Waals surface area contributed by atoms with Crippen molar-refractivity contribution >= 4 is 22.9 Å². The van der Waals surface area contributed by atoms with Gasteiger partial charge in [-0.2, -0.15) is 0 Å².